The molecule has 0 radical (unpaired) electrons. The van der Waals surface area contributed by atoms with Crippen molar-refractivity contribution in [1.29, 1.82) is 0 Å². The SMILES string of the molecule is CCCCCCCCCCCCCCCCCCc1ccccc1OC(=O)c1cc(C(C)(C)CCCCC)ccc1O. The van der Waals surface area contributed by atoms with Gasteiger partial charge in [0.25, 0.3) is 0 Å². The van der Waals surface area contributed by atoms with E-state index in [9.17, 15) is 9.90 Å². The molecule has 42 heavy (non-hydrogen) atoms. The van der Waals surface area contributed by atoms with Gasteiger partial charge in [-0.25, -0.2) is 4.79 Å². The summed E-state index contributed by atoms with van der Waals surface area (Å²) in [7, 11) is 0. The van der Waals surface area contributed by atoms with Gasteiger partial charge in [0.2, 0.25) is 0 Å². The van der Waals surface area contributed by atoms with Crippen LogP contribution in [0, 0.1) is 0 Å². The van der Waals surface area contributed by atoms with Crippen LogP contribution >= 0.6 is 0 Å². The maximum absolute atomic E-state index is 13.2. The molecule has 0 aliphatic rings. The van der Waals surface area contributed by atoms with Crippen LogP contribution in [0.4, 0.5) is 0 Å². The Labute approximate surface area is 258 Å². The number of hydrogen-bond acceptors (Lipinski definition) is 3. The van der Waals surface area contributed by atoms with Crippen LogP contribution in [0.15, 0.2) is 42.5 Å². The zero-order valence-electron chi connectivity index (χ0n) is 27.7. The van der Waals surface area contributed by atoms with Crippen LogP contribution in [0.25, 0.3) is 0 Å². The molecule has 0 aromatic heterocycles. The molecule has 2 aromatic carbocycles. The van der Waals surface area contributed by atoms with Crippen molar-refractivity contribution < 1.29 is 14.6 Å². The predicted octanol–water partition coefficient (Wildman–Crippen LogP) is 12.3. The van der Waals surface area contributed by atoms with E-state index in [1.807, 2.05) is 30.3 Å². The predicted molar refractivity (Wildman–Crippen MR) is 180 cm³/mol. The van der Waals surface area contributed by atoms with Crippen molar-refractivity contribution in [3.63, 3.8) is 0 Å². The summed E-state index contributed by atoms with van der Waals surface area (Å²) in [6, 6.07) is 13.2. The largest absolute Gasteiger partial charge is 0.507 e. The lowest BCUT2D eigenvalue weighted by molar-refractivity contribution is 0.0729. The number of aromatic hydroxyl groups is 1. The van der Waals surface area contributed by atoms with Gasteiger partial charge in [0.1, 0.15) is 17.1 Å². The van der Waals surface area contributed by atoms with Crippen molar-refractivity contribution in [3.8, 4) is 11.5 Å². The lowest BCUT2D eigenvalue weighted by atomic mass is 9.79. The molecule has 0 atom stereocenters. The molecule has 0 saturated heterocycles. The van der Waals surface area contributed by atoms with E-state index >= 15 is 0 Å². The Bertz CT molecular complexity index is 993. The highest BCUT2D eigenvalue weighted by Crippen LogP contribution is 2.33. The monoisotopic (exact) mass is 578 g/mol. The molecule has 0 spiro atoms. The third-order valence-corrected chi connectivity index (χ3v) is 8.88. The number of carbonyl (C=O) groups is 1. The highest BCUT2D eigenvalue weighted by atomic mass is 16.5. The Kier molecular flexibility index (Phi) is 18.3. The summed E-state index contributed by atoms with van der Waals surface area (Å²) < 4.78 is 5.86. The first-order valence-electron chi connectivity index (χ1n) is 17.5. The van der Waals surface area contributed by atoms with Crippen LogP contribution in [0.1, 0.15) is 178 Å². The third-order valence-electron chi connectivity index (χ3n) is 8.88. The van der Waals surface area contributed by atoms with E-state index in [4.69, 9.17) is 4.74 Å². The molecule has 3 heteroatoms. The lowest BCUT2D eigenvalue weighted by Gasteiger charge is -2.26. The Morgan fingerprint density at radius 2 is 1.17 bits per heavy atom. The molecule has 0 aliphatic heterocycles. The number of hydrogen-bond donors (Lipinski definition) is 1. The minimum atomic E-state index is -0.488. The fourth-order valence-electron chi connectivity index (χ4n) is 5.91. The first kappa shape index (κ1) is 35.9. The number of unbranched alkanes of at least 4 members (excludes halogenated alkanes) is 17. The zero-order chi connectivity index (χ0) is 30.5. The molecular formula is C39H62O3. The molecule has 0 aliphatic carbocycles. The molecule has 2 aromatic rings. The van der Waals surface area contributed by atoms with E-state index in [0.717, 1.165) is 36.8 Å². The third kappa shape index (κ3) is 14.3. The van der Waals surface area contributed by atoms with E-state index in [-0.39, 0.29) is 16.7 Å². The van der Waals surface area contributed by atoms with Gasteiger partial charge in [-0.15, -0.1) is 0 Å². The molecule has 0 saturated carbocycles. The van der Waals surface area contributed by atoms with Crippen molar-refractivity contribution >= 4 is 5.97 Å². The fourth-order valence-corrected chi connectivity index (χ4v) is 5.91. The molecule has 3 nitrogen and oxygen atoms in total. The summed E-state index contributed by atoms with van der Waals surface area (Å²) in [4.78, 5) is 13.2. The van der Waals surface area contributed by atoms with Crippen molar-refractivity contribution in [2.45, 2.75) is 168 Å². The minimum absolute atomic E-state index is 0.0246. The quantitative estimate of drug-likeness (QED) is 0.0765. The van der Waals surface area contributed by atoms with Crippen LogP contribution in [0.3, 0.4) is 0 Å². The summed E-state index contributed by atoms with van der Waals surface area (Å²) in [5.74, 6) is 0.0944. The maximum Gasteiger partial charge on any atom is 0.347 e. The van der Waals surface area contributed by atoms with Crippen molar-refractivity contribution in [2.75, 3.05) is 0 Å². The zero-order valence-corrected chi connectivity index (χ0v) is 27.7. The van der Waals surface area contributed by atoms with Crippen LogP contribution < -0.4 is 4.74 Å². The van der Waals surface area contributed by atoms with Gasteiger partial charge in [0.05, 0.1) is 0 Å². The number of esters is 1. The average molecular weight is 579 g/mol. The molecule has 0 heterocycles. The summed E-state index contributed by atoms with van der Waals surface area (Å²) in [6.45, 7) is 8.90. The van der Waals surface area contributed by atoms with Crippen molar-refractivity contribution in [2.24, 2.45) is 0 Å². The van der Waals surface area contributed by atoms with Crippen LogP contribution in [-0.4, -0.2) is 11.1 Å². The standard InChI is InChI=1S/C39H62O3/c1-5-7-9-10-11-12-13-14-15-16-17-18-19-20-21-22-26-33-27-23-24-28-37(33)42-38(41)35-32-34(29-30-36(35)40)39(3,4)31-25-8-6-2/h23-24,27-30,32,40H,5-22,25-26,31H2,1-4H3. The fraction of sp³-hybridized carbons (Fsp3) is 0.667. The molecule has 0 bridgehead atoms. The van der Waals surface area contributed by atoms with E-state index in [0.29, 0.717) is 5.75 Å². The van der Waals surface area contributed by atoms with E-state index < -0.39 is 5.97 Å². The number of para-hydroxylation sites is 1. The molecule has 0 amide bonds. The van der Waals surface area contributed by atoms with Crippen LogP contribution in [0.5, 0.6) is 11.5 Å². The maximum atomic E-state index is 13.2. The number of benzene rings is 2. The van der Waals surface area contributed by atoms with Crippen LogP contribution in [-0.2, 0) is 11.8 Å². The van der Waals surface area contributed by atoms with E-state index in [2.05, 4.69) is 33.8 Å². The normalized spacial score (nSPS) is 11.6. The van der Waals surface area contributed by atoms with Gasteiger partial charge >= 0.3 is 5.97 Å². The number of aryl methyl sites for hydroxylation is 1. The average Bonchev–Trinajstić information content (AvgIpc) is 2.98. The first-order valence-corrected chi connectivity index (χ1v) is 17.5. The summed E-state index contributed by atoms with van der Waals surface area (Å²) in [5, 5.41) is 10.5. The Balaban J connectivity index is 1.69. The van der Waals surface area contributed by atoms with E-state index in [1.54, 1.807) is 6.07 Å². The van der Waals surface area contributed by atoms with Gasteiger partial charge in [0.15, 0.2) is 0 Å². The molecule has 0 fully saturated rings. The highest BCUT2D eigenvalue weighted by molar-refractivity contribution is 5.94. The highest BCUT2D eigenvalue weighted by Gasteiger charge is 2.24. The summed E-state index contributed by atoms with van der Waals surface area (Å²) >= 11 is 0. The topological polar surface area (TPSA) is 46.5 Å². The molecule has 0 unspecified atom stereocenters. The second-order valence-electron chi connectivity index (χ2n) is 13.1. The molecular weight excluding hydrogens is 516 g/mol. The lowest BCUT2D eigenvalue weighted by Crippen LogP contribution is -2.18. The number of phenols is 1. The van der Waals surface area contributed by atoms with Crippen LogP contribution in [0.2, 0.25) is 0 Å². The smallest absolute Gasteiger partial charge is 0.347 e. The number of ether oxygens (including phenoxy) is 1. The summed E-state index contributed by atoms with van der Waals surface area (Å²) in [6.07, 6.45) is 27.2. The number of carbonyl (C=O) groups excluding carboxylic acids is 1. The Hall–Kier alpha value is -2.29. The van der Waals surface area contributed by atoms with Gasteiger partial charge in [0, 0.05) is 0 Å². The molecule has 236 valence electrons. The van der Waals surface area contributed by atoms with Crippen molar-refractivity contribution in [1.82, 2.24) is 0 Å². The number of phenolic OH excluding ortho intramolecular Hbond substituents is 1. The second kappa shape index (κ2) is 21.4. The van der Waals surface area contributed by atoms with Gasteiger partial charge in [-0.2, -0.15) is 0 Å². The number of rotatable bonds is 24. The molecule has 1 N–H and O–H groups in total. The van der Waals surface area contributed by atoms with Gasteiger partial charge in [-0.3, -0.25) is 0 Å². The summed E-state index contributed by atoms with van der Waals surface area (Å²) in [5.41, 5.74) is 2.30. The second-order valence-corrected chi connectivity index (χ2v) is 13.1. The van der Waals surface area contributed by atoms with Gasteiger partial charge < -0.3 is 9.84 Å². The minimum Gasteiger partial charge on any atom is -0.507 e. The Morgan fingerprint density at radius 3 is 1.74 bits per heavy atom. The van der Waals surface area contributed by atoms with Gasteiger partial charge in [-0.05, 0) is 54.0 Å². The molecule has 2 rings (SSSR count). The van der Waals surface area contributed by atoms with E-state index in [1.165, 1.54) is 109 Å². The van der Waals surface area contributed by atoms with Crippen molar-refractivity contribution in [3.05, 3.63) is 59.2 Å². The first-order chi connectivity index (χ1) is 20.4. The van der Waals surface area contributed by atoms with Gasteiger partial charge in [-0.1, -0.05) is 168 Å². The Morgan fingerprint density at radius 1 is 0.667 bits per heavy atom.